The number of hydrogen-bond donors (Lipinski definition) is 2. The average Bonchev–Trinajstić information content (AvgIpc) is 2.35. The maximum absolute atomic E-state index is 9.15. The smallest absolute Gasteiger partial charge is 0.0802 e. The molecule has 1 aliphatic rings. The molecule has 4 heteroatoms. The molecule has 0 saturated carbocycles. The molecule has 1 fully saturated rings. The molecule has 0 aromatic rings. The first kappa shape index (κ1) is 9.26. The minimum Gasteiger partial charge on any atom is -0.392 e. The van der Waals surface area contributed by atoms with Crippen molar-refractivity contribution in [2.75, 3.05) is 25.5 Å². The van der Waals surface area contributed by atoms with Crippen LogP contribution in [0.25, 0.3) is 0 Å². The van der Waals surface area contributed by atoms with E-state index in [-0.39, 0.29) is 12.0 Å². The van der Waals surface area contributed by atoms with Crippen molar-refractivity contribution < 1.29 is 10.2 Å². The summed E-state index contributed by atoms with van der Waals surface area (Å²) in [5.41, 5.74) is 0. The van der Waals surface area contributed by atoms with E-state index in [9.17, 15) is 0 Å². The van der Waals surface area contributed by atoms with E-state index in [1.54, 1.807) is 0 Å². The van der Waals surface area contributed by atoms with Crippen LogP contribution in [0.1, 0.15) is 6.42 Å². The third kappa shape index (κ3) is 2.95. The second-order valence-electron chi connectivity index (χ2n) is 3.01. The molecule has 1 heterocycles. The minimum atomic E-state index is -0.457. The molecule has 0 bridgehead atoms. The van der Waals surface area contributed by atoms with Gasteiger partial charge in [0.15, 0.2) is 0 Å². The molecule has 0 radical (unpaired) electrons. The van der Waals surface area contributed by atoms with Crippen molar-refractivity contribution in [3.8, 4) is 0 Å². The molecule has 2 unspecified atom stereocenters. The van der Waals surface area contributed by atoms with Gasteiger partial charge in [0.05, 0.1) is 12.2 Å². The number of alkyl halides is 1. The van der Waals surface area contributed by atoms with E-state index in [4.69, 9.17) is 21.8 Å². The lowest BCUT2D eigenvalue weighted by molar-refractivity contribution is 0.127. The highest BCUT2D eigenvalue weighted by Crippen LogP contribution is 2.08. The summed E-state index contributed by atoms with van der Waals surface area (Å²) in [4.78, 5) is 2.03. The van der Waals surface area contributed by atoms with E-state index < -0.39 is 6.10 Å². The lowest BCUT2D eigenvalue weighted by atomic mass is 10.3. The Bertz CT molecular complexity index is 123. The van der Waals surface area contributed by atoms with Gasteiger partial charge in [-0.1, -0.05) is 0 Å². The van der Waals surface area contributed by atoms with Crippen LogP contribution in [-0.4, -0.2) is 52.8 Å². The van der Waals surface area contributed by atoms with Crippen molar-refractivity contribution in [1.82, 2.24) is 4.90 Å². The van der Waals surface area contributed by atoms with Gasteiger partial charge in [0.2, 0.25) is 0 Å². The Balaban J connectivity index is 2.17. The monoisotopic (exact) mass is 179 g/mol. The molecular formula is C7H14ClNO2. The quantitative estimate of drug-likeness (QED) is 0.583. The zero-order valence-corrected chi connectivity index (χ0v) is 7.17. The molecule has 0 aliphatic carbocycles. The number of aliphatic hydroxyl groups excluding tert-OH is 2. The van der Waals surface area contributed by atoms with Gasteiger partial charge in [0.1, 0.15) is 0 Å². The van der Waals surface area contributed by atoms with Crippen molar-refractivity contribution in [3.05, 3.63) is 0 Å². The standard InChI is InChI=1S/C7H14ClNO2/c8-3-7(11)5-9-2-1-6(10)4-9/h6-7,10-11H,1-5H2. The molecule has 1 saturated heterocycles. The van der Waals surface area contributed by atoms with Crippen LogP contribution in [0.2, 0.25) is 0 Å². The van der Waals surface area contributed by atoms with Crippen LogP contribution in [-0.2, 0) is 0 Å². The predicted molar refractivity (Wildman–Crippen MR) is 43.8 cm³/mol. The highest BCUT2D eigenvalue weighted by Gasteiger charge is 2.21. The van der Waals surface area contributed by atoms with Gasteiger partial charge in [-0.15, -0.1) is 11.6 Å². The predicted octanol–water partition coefficient (Wildman–Crippen LogP) is -0.347. The summed E-state index contributed by atoms with van der Waals surface area (Å²) in [5.74, 6) is 0.270. The Hall–Kier alpha value is 0.170. The summed E-state index contributed by atoms with van der Waals surface area (Å²) in [6, 6.07) is 0. The molecule has 0 aromatic carbocycles. The largest absolute Gasteiger partial charge is 0.392 e. The normalized spacial score (nSPS) is 29.2. The maximum atomic E-state index is 9.15. The average molecular weight is 180 g/mol. The SMILES string of the molecule is OC(CCl)CN1CCC(O)C1. The van der Waals surface area contributed by atoms with Gasteiger partial charge >= 0.3 is 0 Å². The number of rotatable bonds is 3. The molecule has 1 rings (SSSR count). The molecule has 11 heavy (non-hydrogen) atoms. The summed E-state index contributed by atoms with van der Waals surface area (Å²) >= 11 is 5.43. The maximum Gasteiger partial charge on any atom is 0.0802 e. The van der Waals surface area contributed by atoms with E-state index in [1.165, 1.54) is 0 Å². The number of hydrogen-bond acceptors (Lipinski definition) is 3. The summed E-state index contributed by atoms with van der Waals surface area (Å²) in [7, 11) is 0. The summed E-state index contributed by atoms with van der Waals surface area (Å²) in [5, 5.41) is 18.3. The van der Waals surface area contributed by atoms with Crippen LogP contribution in [0.15, 0.2) is 0 Å². The molecule has 66 valence electrons. The molecule has 0 spiro atoms. The van der Waals surface area contributed by atoms with Crippen molar-refractivity contribution in [3.63, 3.8) is 0 Å². The van der Waals surface area contributed by atoms with Gasteiger partial charge in [0.25, 0.3) is 0 Å². The van der Waals surface area contributed by atoms with Crippen molar-refractivity contribution in [2.24, 2.45) is 0 Å². The van der Waals surface area contributed by atoms with Crippen LogP contribution in [0.4, 0.5) is 0 Å². The molecule has 2 atom stereocenters. The van der Waals surface area contributed by atoms with Gasteiger partial charge in [-0.3, -0.25) is 4.90 Å². The van der Waals surface area contributed by atoms with E-state index in [0.29, 0.717) is 13.1 Å². The number of halogens is 1. The van der Waals surface area contributed by atoms with E-state index in [2.05, 4.69) is 0 Å². The Kier molecular flexibility index (Phi) is 3.59. The highest BCUT2D eigenvalue weighted by molar-refractivity contribution is 6.18. The lowest BCUT2D eigenvalue weighted by Crippen LogP contribution is -2.32. The molecule has 0 aromatic heterocycles. The van der Waals surface area contributed by atoms with Gasteiger partial charge in [-0.2, -0.15) is 0 Å². The van der Waals surface area contributed by atoms with Gasteiger partial charge in [-0.05, 0) is 6.42 Å². The third-order valence-corrected chi connectivity index (χ3v) is 2.25. The first-order chi connectivity index (χ1) is 5.22. The Morgan fingerprint density at radius 1 is 1.64 bits per heavy atom. The number of likely N-dealkylation sites (tertiary alicyclic amines) is 1. The zero-order chi connectivity index (χ0) is 8.27. The second-order valence-corrected chi connectivity index (χ2v) is 3.32. The number of nitrogens with zero attached hydrogens (tertiary/aromatic N) is 1. The molecule has 3 nitrogen and oxygen atoms in total. The number of β-amino-alcohol motifs (C(OH)–C–C–N with tert-alkyl or cyclic N) is 2. The van der Waals surface area contributed by atoms with E-state index in [0.717, 1.165) is 13.0 Å². The fourth-order valence-electron chi connectivity index (χ4n) is 1.32. The highest BCUT2D eigenvalue weighted by atomic mass is 35.5. The number of aliphatic hydroxyl groups is 2. The van der Waals surface area contributed by atoms with Crippen LogP contribution < -0.4 is 0 Å². The van der Waals surface area contributed by atoms with Crippen molar-refractivity contribution >= 4 is 11.6 Å². The lowest BCUT2D eigenvalue weighted by Gasteiger charge is -2.17. The Morgan fingerprint density at radius 2 is 2.36 bits per heavy atom. The molecular weight excluding hydrogens is 166 g/mol. The summed E-state index contributed by atoms with van der Waals surface area (Å²) in [6.07, 6.45) is 0.147. The van der Waals surface area contributed by atoms with E-state index >= 15 is 0 Å². The summed E-state index contributed by atoms with van der Waals surface area (Å²) < 4.78 is 0. The Morgan fingerprint density at radius 3 is 2.82 bits per heavy atom. The molecule has 1 aliphatic heterocycles. The van der Waals surface area contributed by atoms with E-state index in [1.807, 2.05) is 4.90 Å². The zero-order valence-electron chi connectivity index (χ0n) is 6.41. The van der Waals surface area contributed by atoms with Crippen LogP contribution in [0, 0.1) is 0 Å². The van der Waals surface area contributed by atoms with Crippen LogP contribution in [0.3, 0.4) is 0 Å². The van der Waals surface area contributed by atoms with Gasteiger partial charge < -0.3 is 10.2 Å². The fraction of sp³-hybridized carbons (Fsp3) is 1.00. The Labute approximate surface area is 71.6 Å². The van der Waals surface area contributed by atoms with Gasteiger partial charge in [0, 0.05) is 25.5 Å². The van der Waals surface area contributed by atoms with Crippen molar-refractivity contribution in [1.29, 1.82) is 0 Å². The molecule has 0 amide bonds. The van der Waals surface area contributed by atoms with Crippen LogP contribution >= 0.6 is 11.6 Å². The second kappa shape index (κ2) is 4.26. The molecule has 2 N–H and O–H groups in total. The van der Waals surface area contributed by atoms with Gasteiger partial charge in [-0.25, -0.2) is 0 Å². The first-order valence-corrected chi connectivity index (χ1v) is 4.40. The topological polar surface area (TPSA) is 43.7 Å². The van der Waals surface area contributed by atoms with Crippen LogP contribution in [0.5, 0.6) is 0 Å². The third-order valence-electron chi connectivity index (χ3n) is 1.89. The summed E-state index contributed by atoms with van der Waals surface area (Å²) in [6.45, 7) is 2.13. The minimum absolute atomic E-state index is 0.211. The fourth-order valence-corrected chi connectivity index (χ4v) is 1.42. The van der Waals surface area contributed by atoms with Crippen molar-refractivity contribution in [2.45, 2.75) is 18.6 Å². The first-order valence-electron chi connectivity index (χ1n) is 3.87.